The minimum Gasteiger partial charge on any atom is -0.393 e. The van der Waals surface area contributed by atoms with Crippen LogP contribution in [0.2, 0.25) is 0 Å². The third kappa shape index (κ3) is 4.30. The molecule has 2 atom stereocenters. The molecule has 0 radical (unpaired) electrons. The number of nitrogens with zero attached hydrogens (tertiary/aromatic N) is 1. The molecular formula is C17H27NO2. The van der Waals surface area contributed by atoms with Gasteiger partial charge in [0.05, 0.1) is 12.2 Å². The minimum absolute atomic E-state index is 0.185. The molecule has 2 rings (SSSR count). The van der Waals surface area contributed by atoms with Gasteiger partial charge in [0.15, 0.2) is 0 Å². The molecule has 1 aromatic rings. The normalized spacial score (nSPS) is 20.8. The second-order valence-electron chi connectivity index (χ2n) is 6.13. The van der Waals surface area contributed by atoms with E-state index in [1.807, 2.05) is 31.2 Å². The molecule has 1 aromatic carbocycles. The van der Waals surface area contributed by atoms with E-state index >= 15 is 0 Å². The molecule has 2 unspecified atom stereocenters. The highest BCUT2D eigenvalue weighted by atomic mass is 16.3. The molecule has 112 valence electrons. The standard InChI is InChI=1S/C17H27NO2/c1-13-3-5-16(6-4-13)17(20)9-12-18-10-7-15(8-11-18)14(2)19/h3-6,14-15,17,19-20H,7-12H2,1-2H3. The van der Waals surface area contributed by atoms with E-state index in [1.54, 1.807) is 0 Å². The molecule has 0 saturated carbocycles. The van der Waals surface area contributed by atoms with Crippen LogP contribution in [0.15, 0.2) is 24.3 Å². The highest BCUT2D eigenvalue weighted by Gasteiger charge is 2.22. The Morgan fingerprint density at radius 2 is 1.75 bits per heavy atom. The third-order valence-corrected chi connectivity index (χ3v) is 4.50. The lowest BCUT2D eigenvalue weighted by atomic mass is 9.92. The summed E-state index contributed by atoms with van der Waals surface area (Å²) in [5, 5.41) is 19.8. The van der Waals surface area contributed by atoms with Crippen LogP contribution < -0.4 is 0 Å². The van der Waals surface area contributed by atoms with E-state index in [0.29, 0.717) is 5.92 Å². The first-order valence-electron chi connectivity index (χ1n) is 7.71. The van der Waals surface area contributed by atoms with Gasteiger partial charge in [0, 0.05) is 6.54 Å². The molecule has 0 aromatic heterocycles. The average molecular weight is 277 g/mol. The zero-order valence-corrected chi connectivity index (χ0v) is 12.6. The number of aliphatic hydroxyl groups is 2. The molecule has 1 aliphatic heterocycles. The molecule has 2 N–H and O–H groups in total. The number of rotatable bonds is 5. The van der Waals surface area contributed by atoms with E-state index in [1.165, 1.54) is 5.56 Å². The van der Waals surface area contributed by atoms with Crippen LogP contribution in [0.3, 0.4) is 0 Å². The van der Waals surface area contributed by atoms with Crippen molar-refractivity contribution in [2.45, 2.75) is 45.3 Å². The topological polar surface area (TPSA) is 43.7 Å². The minimum atomic E-state index is -0.370. The molecule has 3 nitrogen and oxygen atoms in total. The maximum absolute atomic E-state index is 10.2. The summed E-state index contributed by atoms with van der Waals surface area (Å²) in [5.74, 6) is 0.452. The highest BCUT2D eigenvalue weighted by Crippen LogP contribution is 2.22. The van der Waals surface area contributed by atoms with Crippen LogP contribution in [-0.4, -0.2) is 40.9 Å². The monoisotopic (exact) mass is 277 g/mol. The van der Waals surface area contributed by atoms with Crippen molar-refractivity contribution in [3.63, 3.8) is 0 Å². The molecule has 0 spiro atoms. The summed E-state index contributed by atoms with van der Waals surface area (Å²) in [6.07, 6.45) is 2.36. The van der Waals surface area contributed by atoms with Gasteiger partial charge in [0.2, 0.25) is 0 Å². The molecule has 20 heavy (non-hydrogen) atoms. The van der Waals surface area contributed by atoms with Gasteiger partial charge in [0.25, 0.3) is 0 Å². The lowest BCUT2D eigenvalue weighted by Crippen LogP contribution is -2.37. The second-order valence-corrected chi connectivity index (χ2v) is 6.13. The molecule has 1 heterocycles. The quantitative estimate of drug-likeness (QED) is 0.869. The van der Waals surface area contributed by atoms with E-state index in [2.05, 4.69) is 11.8 Å². The number of likely N-dealkylation sites (tertiary alicyclic amines) is 1. The fraction of sp³-hybridized carbons (Fsp3) is 0.647. The maximum atomic E-state index is 10.2. The summed E-state index contributed by atoms with van der Waals surface area (Å²) < 4.78 is 0. The summed E-state index contributed by atoms with van der Waals surface area (Å²) in [6.45, 7) is 6.96. The van der Waals surface area contributed by atoms with Crippen molar-refractivity contribution < 1.29 is 10.2 Å². The predicted octanol–water partition coefficient (Wildman–Crippen LogP) is 2.51. The van der Waals surface area contributed by atoms with Crippen molar-refractivity contribution in [1.29, 1.82) is 0 Å². The average Bonchev–Trinajstić information content (AvgIpc) is 2.46. The van der Waals surface area contributed by atoms with Crippen LogP contribution >= 0.6 is 0 Å². The number of piperidine rings is 1. The van der Waals surface area contributed by atoms with E-state index < -0.39 is 0 Å². The molecule has 1 aliphatic rings. The molecule has 1 saturated heterocycles. The van der Waals surface area contributed by atoms with E-state index in [0.717, 1.165) is 44.5 Å². The summed E-state index contributed by atoms with van der Waals surface area (Å²) in [7, 11) is 0. The Labute approximate surface area is 122 Å². The maximum Gasteiger partial charge on any atom is 0.0802 e. The molecule has 3 heteroatoms. The molecule has 0 amide bonds. The van der Waals surface area contributed by atoms with Crippen molar-refractivity contribution in [2.75, 3.05) is 19.6 Å². The number of benzene rings is 1. The Morgan fingerprint density at radius 1 is 1.15 bits per heavy atom. The third-order valence-electron chi connectivity index (χ3n) is 4.50. The SMILES string of the molecule is Cc1ccc(C(O)CCN2CCC(C(C)O)CC2)cc1. The van der Waals surface area contributed by atoms with Gasteiger partial charge in [-0.3, -0.25) is 0 Å². The number of aliphatic hydroxyl groups excluding tert-OH is 2. The van der Waals surface area contributed by atoms with Gasteiger partial charge in [0.1, 0.15) is 0 Å². The molecule has 1 fully saturated rings. The van der Waals surface area contributed by atoms with Crippen molar-refractivity contribution in [1.82, 2.24) is 4.90 Å². The van der Waals surface area contributed by atoms with Crippen LogP contribution in [0.25, 0.3) is 0 Å². The van der Waals surface area contributed by atoms with Crippen molar-refractivity contribution in [3.05, 3.63) is 35.4 Å². The Morgan fingerprint density at radius 3 is 2.30 bits per heavy atom. The second kappa shape index (κ2) is 7.21. The van der Waals surface area contributed by atoms with Gasteiger partial charge < -0.3 is 15.1 Å². The van der Waals surface area contributed by atoms with Crippen LogP contribution in [0.1, 0.15) is 43.4 Å². The smallest absolute Gasteiger partial charge is 0.0802 e. The van der Waals surface area contributed by atoms with Gasteiger partial charge in [-0.2, -0.15) is 0 Å². The van der Waals surface area contributed by atoms with Gasteiger partial charge >= 0.3 is 0 Å². The zero-order chi connectivity index (χ0) is 14.5. The summed E-state index contributed by atoms with van der Waals surface area (Å²) >= 11 is 0. The Kier molecular flexibility index (Phi) is 5.58. The van der Waals surface area contributed by atoms with Gasteiger partial charge in [-0.05, 0) is 57.7 Å². The highest BCUT2D eigenvalue weighted by molar-refractivity contribution is 5.23. The van der Waals surface area contributed by atoms with Crippen molar-refractivity contribution >= 4 is 0 Å². The summed E-state index contributed by atoms with van der Waals surface area (Å²) in [5.41, 5.74) is 2.23. The first-order valence-corrected chi connectivity index (χ1v) is 7.71. The van der Waals surface area contributed by atoms with Crippen molar-refractivity contribution in [2.24, 2.45) is 5.92 Å². The van der Waals surface area contributed by atoms with Gasteiger partial charge in [-0.15, -0.1) is 0 Å². The summed E-state index contributed by atoms with van der Waals surface area (Å²) in [6, 6.07) is 8.12. The predicted molar refractivity (Wildman–Crippen MR) is 81.6 cm³/mol. The zero-order valence-electron chi connectivity index (χ0n) is 12.6. The number of aryl methyl sites for hydroxylation is 1. The van der Waals surface area contributed by atoms with Crippen LogP contribution in [0.4, 0.5) is 0 Å². The Balaban J connectivity index is 1.74. The fourth-order valence-electron chi connectivity index (χ4n) is 2.92. The molecule has 0 bridgehead atoms. The van der Waals surface area contributed by atoms with E-state index in [9.17, 15) is 10.2 Å². The number of hydrogen-bond donors (Lipinski definition) is 2. The molecule has 0 aliphatic carbocycles. The number of hydrogen-bond acceptors (Lipinski definition) is 3. The van der Waals surface area contributed by atoms with E-state index in [-0.39, 0.29) is 12.2 Å². The van der Waals surface area contributed by atoms with Crippen LogP contribution in [0, 0.1) is 12.8 Å². The molecular weight excluding hydrogens is 250 g/mol. The first kappa shape index (κ1) is 15.5. The summed E-state index contributed by atoms with van der Waals surface area (Å²) in [4.78, 5) is 2.40. The largest absolute Gasteiger partial charge is 0.393 e. The van der Waals surface area contributed by atoms with Crippen LogP contribution in [0.5, 0.6) is 0 Å². The van der Waals surface area contributed by atoms with Gasteiger partial charge in [-0.1, -0.05) is 29.8 Å². The Hall–Kier alpha value is -0.900. The van der Waals surface area contributed by atoms with Crippen LogP contribution in [-0.2, 0) is 0 Å². The van der Waals surface area contributed by atoms with Crippen molar-refractivity contribution in [3.8, 4) is 0 Å². The van der Waals surface area contributed by atoms with Gasteiger partial charge in [-0.25, -0.2) is 0 Å². The van der Waals surface area contributed by atoms with E-state index in [4.69, 9.17) is 0 Å². The fourth-order valence-corrected chi connectivity index (χ4v) is 2.92. The lowest BCUT2D eigenvalue weighted by Gasteiger charge is -2.33. The lowest BCUT2D eigenvalue weighted by molar-refractivity contribution is 0.0641. The Bertz CT molecular complexity index is 394. The first-order chi connectivity index (χ1) is 9.56.